The molecule has 1 heterocycles. The molecule has 0 bridgehead atoms. The molecular weight excluding hydrogens is 394 g/mol. The molecule has 0 fully saturated rings. The van der Waals surface area contributed by atoms with Gasteiger partial charge in [-0.3, -0.25) is 9.10 Å². The van der Waals surface area contributed by atoms with E-state index in [1.165, 1.54) is 4.31 Å². The van der Waals surface area contributed by atoms with E-state index < -0.39 is 22.6 Å². The highest BCUT2D eigenvalue weighted by Crippen LogP contribution is 2.34. The third-order valence-electron chi connectivity index (χ3n) is 4.72. The highest BCUT2D eigenvalue weighted by Gasteiger charge is 2.32. The molecule has 8 heteroatoms. The fourth-order valence-electron chi connectivity index (χ4n) is 3.41. The first kappa shape index (κ1) is 20.9. The molecule has 0 radical (unpaired) electrons. The Balaban J connectivity index is 1.59. The van der Waals surface area contributed by atoms with E-state index in [2.05, 4.69) is 0 Å². The van der Waals surface area contributed by atoms with Crippen molar-refractivity contribution in [3.05, 3.63) is 59.2 Å². The molecule has 2 aromatic carbocycles. The first-order valence-electron chi connectivity index (χ1n) is 9.16. The van der Waals surface area contributed by atoms with Crippen LogP contribution in [0.4, 0.5) is 5.69 Å². The summed E-state index contributed by atoms with van der Waals surface area (Å²) >= 11 is 0. The van der Waals surface area contributed by atoms with E-state index in [1.807, 2.05) is 26.0 Å². The smallest absolute Gasteiger partial charge is 0.344 e. The second kappa shape index (κ2) is 8.24. The summed E-state index contributed by atoms with van der Waals surface area (Å²) in [5.74, 6) is -0.416. The minimum atomic E-state index is -3.39. The number of esters is 1. The second-order valence-electron chi connectivity index (χ2n) is 7.09. The molecule has 0 aliphatic carbocycles. The third kappa shape index (κ3) is 4.76. The summed E-state index contributed by atoms with van der Waals surface area (Å²) in [5.41, 5.74) is 2.63. The first-order valence-corrected chi connectivity index (χ1v) is 11.0. The second-order valence-corrected chi connectivity index (χ2v) is 8.95. The highest BCUT2D eigenvalue weighted by molar-refractivity contribution is 7.92. The standard InChI is InChI=1S/C21H23NO6S/c1-14-6-4-5-7-20(14)27-13-21(24)28-12-19(23)16-8-9-18-17(11-16)10-15(2)22(18)29(3,25)26/h4-9,11,15H,10,12-13H2,1-3H3/t15-/m1/s1. The number of rotatable bonds is 7. The van der Waals surface area contributed by atoms with Crippen LogP contribution in [0.3, 0.4) is 0 Å². The zero-order chi connectivity index (χ0) is 21.2. The van der Waals surface area contributed by atoms with E-state index in [1.54, 1.807) is 30.3 Å². The van der Waals surface area contributed by atoms with Crippen LogP contribution in [0.1, 0.15) is 28.4 Å². The van der Waals surface area contributed by atoms with Crippen LogP contribution in [0, 0.1) is 6.92 Å². The number of benzene rings is 2. The number of anilines is 1. The molecule has 29 heavy (non-hydrogen) atoms. The molecule has 0 unspecified atom stereocenters. The lowest BCUT2D eigenvalue weighted by Crippen LogP contribution is -2.34. The van der Waals surface area contributed by atoms with Crippen LogP contribution in [0.15, 0.2) is 42.5 Å². The van der Waals surface area contributed by atoms with Gasteiger partial charge in [-0.05, 0) is 55.7 Å². The Kier molecular flexibility index (Phi) is 5.93. The van der Waals surface area contributed by atoms with Gasteiger partial charge in [0.25, 0.3) is 0 Å². The summed E-state index contributed by atoms with van der Waals surface area (Å²) in [4.78, 5) is 24.3. The maximum Gasteiger partial charge on any atom is 0.344 e. The number of ether oxygens (including phenoxy) is 2. The molecule has 0 aromatic heterocycles. The van der Waals surface area contributed by atoms with Gasteiger partial charge < -0.3 is 9.47 Å². The van der Waals surface area contributed by atoms with Gasteiger partial charge in [0, 0.05) is 11.6 Å². The van der Waals surface area contributed by atoms with Crippen molar-refractivity contribution in [3.63, 3.8) is 0 Å². The summed E-state index contributed by atoms with van der Waals surface area (Å²) in [6.07, 6.45) is 1.68. The molecule has 1 aliphatic heterocycles. The number of Topliss-reactive ketones (excluding diaryl/α,β-unsaturated/α-hetero) is 1. The largest absolute Gasteiger partial charge is 0.482 e. The average molecular weight is 417 g/mol. The SMILES string of the molecule is Cc1ccccc1OCC(=O)OCC(=O)c1ccc2c(c1)C[C@@H](C)N2S(C)(=O)=O. The zero-order valence-electron chi connectivity index (χ0n) is 16.5. The van der Waals surface area contributed by atoms with E-state index in [9.17, 15) is 18.0 Å². The summed E-state index contributed by atoms with van der Waals surface area (Å²) in [7, 11) is -3.39. The first-order chi connectivity index (χ1) is 13.7. The van der Waals surface area contributed by atoms with Crippen LogP contribution in [0.2, 0.25) is 0 Å². The molecule has 2 aromatic rings. The van der Waals surface area contributed by atoms with Gasteiger partial charge in [-0.1, -0.05) is 18.2 Å². The molecular formula is C21H23NO6S. The maximum atomic E-state index is 12.4. The minimum absolute atomic E-state index is 0.207. The zero-order valence-corrected chi connectivity index (χ0v) is 17.4. The Hall–Kier alpha value is -2.87. The molecule has 154 valence electrons. The Morgan fingerprint density at radius 1 is 1.14 bits per heavy atom. The molecule has 7 nitrogen and oxygen atoms in total. The summed E-state index contributed by atoms with van der Waals surface area (Å²) < 4.78 is 35.7. The van der Waals surface area contributed by atoms with Crippen LogP contribution in [0.25, 0.3) is 0 Å². The highest BCUT2D eigenvalue weighted by atomic mass is 32.2. The normalized spacial score (nSPS) is 15.7. The lowest BCUT2D eigenvalue weighted by Gasteiger charge is -2.21. The van der Waals surface area contributed by atoms with Gasteiger partial charge in [0.15, 0.2) is 19.0 Å². The number of ketones is 1. The topological polar surface area (TPSA) is 90.0 Å². The van der Waals surface area contributed by atoms with Gasteiger partial charge in [0.1, 0.15) is 5.75 Å². The lowest BCUT2D eigenvalue weighted by atomic mass is 10.0. The number of para-hydroxylation sites is 1. The molecule has 0 amide bonds. The number of hydrogen-bond acceptors (Lipinski definition) is 6. The monoisotopic (exact) mass is 417 g/mol. The van der Waals surface area contributed by atoms with Crippen molar-refractivity contribution in [3.8, 4) is 5.75 Å². The van der Waals surface area contributed by atoms with Crippen molar-refractivity contribution in [2.24, 2.45) is 0 Å². The maximum absolute atomic E-state index is 12.4. The Morgan fingerprint density at radius 3 is 2.55 bits per heavy atom. The molecule has 0 spiro atoms. The van der Waals surface area contributed by atoms with E-state index in [4.69, 9.17) is 9.47 Å². The predicted molar refractivity (Wildman–Crippen MR) is 109 cm³/mol. The number of sulfonamides is 1. The molecule has 3 rings (SSSR count). The fraction of sp³-hybridized carbons (Fsp3) is 0.333. The fourth-order valence-corrected chi connectivity index (χ4v) is 4.67. The van der Waals surface area contributed by atoms with E-state index >= 15 is 0 Å². The number of hydrogen-bond donors (Lipinski definition) is 0. The van der Waals surface area contributed by atoms with E-state index in [0.29, 0.717) is 23.4 Å². The van der Waals surface area contributed by atoms with Crippen LogP contribution < -0.4 is 9.04 Å². The lowest BCUT2D eigenvalue weighted by molar-refractivity contribution is -0.144. The van der Waals surface area contributed by atoms with Crippen molar-refractivity contribution >= 4 is 27.5 Å². The molecule has 0 saturated carbocycles. The average Bonchev–Trinajstić information content (AvgIpc) is 3.00. The minimum Gasteiger partial charge on any atom is -0.482 e. The number of nitrogens with zero attached hydrogens (tertiary/aromatic N) is 1. The summed E-state index contributed by atoms with van der Waals surface area (Å²) in [6.45, 7) is 2.99. The molecule has 0 N–H and O–H groups in total. The van der Waals surface area contributed by atoms with Gasteiger partial charge in [-0.15, -0.1) is 0 Å². The third-order valence-corrected chi connectivity index (χ3v) is 5.99. The van der Waals surface area contributed by atoms with Crippen molar-refractivity contribution in [2.45, 2.75) is 26.3 Å². The Labute approximate surface area is 170 Å². The number of carbonyl (C=O) groups excluding carboxylic acids is 2. The van der Waals surface area contributed by atoms with Crippen LogP contribution in [-0.2, 0) is 26.0 Å². The van der Waals surface area contributed by atoms with E-state index in [-0.39, 0.29) is 18.4 Å². The van der Waals surface area contributed by atoms with Gasteiger partial charge in [-0.25, -0.2) is 13.2 Å². The molecule has 0 saturated heterocycles. The van der Waals surface area contributed by atoms with Crippen LogP contribution in [0.5, 0.6) is 5.75 Å². The quantitative estimate of drug-likeness (QED) is 0.508. The summed E-state index contributed by atoms with van der Waals surface area (Å²) in [6, 6.07) is 11.9. The number of aryl methyl sites for hydroxylation is 1. The predicted octanol–water partition coefficient (Wildman–Crippen LogP) is 2.51. The van der Waals surface area contributed by atoms with Crippen molar-refractivity contribution in [1.29, 1.82) is 0 Å². The van der Waals surface area contributed by atoms with E-state index in [0.717, 1.165) is 17.4 Å². The van der Waals surface area contributed by atoms with Crippen LogP contribution >= 0.6 is 0 Å². The number of fused-ring (bicyclic) bond motifs is 1. The van der Waals surface area contributed by atoms with Crippen LogP contribution in [-0.4, -0.2) is 45.7 Å². The van der Waals surface area contributed by atoms with Gasteiger partial charge in [0.2, 0.25) is 10.0 Å². The van der Waals surface area contributed by atoms with Gasteiger partial charge >= 0.3 is 5.97 Å². The molecule has 1 aliphatic rings. The Bertz CT molecular complexity index is 1050. The van der Waals surface area contributed by atoms with Gasteiger partial charge in [0.05, 0.1) is 11.9 Å². The van der Waals surface area contributed by atoms with Crippen molar-refractivity contribution < 1.29 is 27.5 Å². The van der Waals surface area contributed by atoms with Crippen molar-refractivity contribution in [1.82, 2.24) is 0 Å². The summed E-state index contributed by atoms with van der Waals surface area (Å²) in [5, 5.41) is 0. The Morgan fingerprint density at radius 2 is 1.86 bits per heavy atom. The van der Waals surface area contributed by atoms with Gasteiger partial charge in [-0.2, -0.15) is 0 Å². The molecule has 1 atom stereocenters. The van der Waals surface area contributed by atoms with Crippen molar-refractivity contribution in [2.75, 3.05) is 23.8 Å². The number of carbonyl (C=O) groups is 2.